The van der Waals surface area contributed by atoms with E-state index in [1.54, 1.807) is 38.6 Å². The zero-order valence-corrected chi connectivity index (χ0v) is 14.0. The SMILES string of the molecule is COCCn1nc(NC(=O)OC(C)(C)C)c2cc([N+](=O)[O-])ccc21. The topological polar surface area (TPSA) is 109 Å². The van der Waals surface area contributed by atoms with Crippen LogP contribution in [0, 0.1) is 10.1 Å². The van der Waals surface area contributed by atoms with Crippen LogP contribution < -0.4 is 5.32 Å². The Bertz CT molecular complexity index is 763. The normalized spacial score (nSPS) is 11.5. The van der Waals surface area contributed by atoms with E-state index < -0.39 is 16.6 Å². The lowest BCUT2D eigenvalue weighted by Crippen LogP contribution is -2.27. The van der Waals surface area contributed by atoms with E-state index in [1.807, 2.05) is 0 Å². The summed E-state index contributed by atoms with van der Waals surface area (Å²) in [6.45, 7) is 6.09. The van der Waals surface area contributed by atoms with Crippen molar-refractivity contribution in [1.29, 1.82) is 0 Å². The van der Waals surface area contributed by atoms with Crippen LogP contribution in [0.5, 0.6) is 0 Å². The number of amides is 1. The third-order valence-corrected chi connectivity index (χ3v) is 3.07. The van der Waals surface area contributed by atoms with Gasteiger partial charge < -0.3 is 9.47 Å². The van der Waals surface area contributed by atoms with Crippen molar-refractivity contribution in [2.45, 2.75) is 32.9 Å². The number of benzene rings is 1. The van der Waals surface area contributed by atoms with Crippen molar-refractivity contribution in [3.05, 3.63) is 28.3 Å². The molecule has 0 aliphatic rings. The predicted molar refractivity (Wildman–Crippen MR) is 88.1 cm³/mol. The van der Waals surface area contributed by atoms with Gasteiger partial charge in [-0.2, -0.15) is 5.10 Å². The molecular formula is C15H20N4O5. The Balaban J connectivity index is 2.40. The van der Waals surface area contributed by atoms with E-state index in [4.69, 9.17) is 9.47 Å². The van der Waals surface area contributed by atoms with E-state index in [0.717, 1.165) is 0 Å². The average molecular weight is 336 g/mol. The quantitative estimate of drug-likeness (QED) is 0.664. The fourth-order valence-corrected chi connectivity index (χ4v) is 2.12. The molecule has 0 saturated carbocycles. The van der Waals surface area contributed by atoms with Crippen LogP contribution in [0.25, 0.3) is 10.9 Å². The maximum Gasteiger partial charge on any atom is 0.413 e. The number of nitro benzene ring substituents is 1. The lowest BCUT2D eigenvalue weighted by molar-refractivity contribution is -0.384. The lowest BCUT2D eigenvalue weighted by Gasteiger charge is -2.19. The van der Waals surface area contributed by atoms with E-state index in [2.05, 4.69) is 10.4 Å². The summed E-state index contributed by atoms with van der Waals surface area (Å²) in [5.41, 5.74) is -0.0884. The van der Waals surface area contributed by atoms with Crippen molar-refractivity contribution in [1.82, 2.24) is 9.78 Å². The van der Waals surface area contributed by atoms with Gasteiger partial charge in [0.25, 0.3) is 5.69 Å². The van der Waals surface area contributed by atoms with Crippen LogP contribution in [0.3, 0.4) is 0 Å². The molecule has 9 nitrogen and oxygen atoms in total. The first kappa shape index (κ1) is 17.7. The molecule has 0 fully saturated rings. The van der Waals surface area contributed by atoms with Crippen molar-refractivity contribution in [3.8, 4) is 0 Å². The molecule has 130 valence electrons. The first-order valence-corrected chi connectivity index (χ1v) is 7.35. The molecule has 0 spiro atoms. The van der Waals surface area contributed by atoms with Crippen molar-refractivity contribution in [2.75, 3.05) is 19.0 Å². The zero-order valence-electron chi connectivity index (χ0n) is 14.0. The number of methoxy groups -OCH3 is 1. The minimum atomic E-state index is -0.674. The molecule has 1 aromatic heterocycles. The molecule has 0 saturated heterocycles. The van der Waals surface area contributed by atoms with Gasteiger partial charge in [0.05, 0.1) is 29.0 Å². The predicted octanol–water partition coefficient (Wildman–Crippen LogP) is 2.94. The fourth-order valence-electron chi connectivity index (χ4n) is 2.12. The standard InChI is InChI=1S/C15H20N4O5/c1-15(2,3)24-14(20)16-13-11-9-10(19(21)22)5-6-12(11)18(17-13)7-8-23-4/h5-6,9H,7-8H2,1-4H3,(H,16,17,20). The molecule has 0 radical (unpaired) electrons. The summed E-state index contributed by atoms with van der Waals surface area (Å²) in [7, 11) is 1.57. The minimum absolute atomic E-state index is 0.0824. The van der Waals surface area contributed by atoms with Crippen molar-refractivity contribution < 1.29 is 19.2 Å². The molecular weight excluding hydrogens is 316 g/mol. The summed E-state index contributed by atoms with van der Waals surface area (Å²) in [6.07, 6.45) is -0.674. The van der Waals surface area contributed by atoms with E-state index in [0.29, 0.717) is 24.1 Å². The summed E-state index contributed by atoms with van der Waals surface area (Å²) in [6, 6.07) is 4.36. The number of nitrogens with one attached hydrogen (secondary N) is 1. The number of aromatic nitrogens is 2. The Morgan fingerprint density at radius 2 is 2.12 bits per heavy atom. The third kappa shape index (κ3) is 4.19. The molecule has 0 bridgehead atoms. The average Bonchev–Trinajstić information content (AvgIpc) is 2.80. The molecule has 24 heavy (non-hydrogen) atoms. The number of hydrogen-bond acceptors (Lipinski definition) is 6. The van der Waals surface area contributed by atoms with Gasteiger partial charge in [-0.15, -0.1) is 0 Å². The number of rotatable bonds is 5. The van der Waals surface area contributed by atoms with Crippen LogP contribution in [0.4, 0.5) is 16.3 Å². The summed E-state index contributed by atoms with van der Waals surface area (Å²) in [5, 5.41) is 18.3. The number of carbonyl (C=O) groups excluding carboxylic acids is 1. The minimum Gasteiger partial charge on any atom is -0.444 e. The monoisotopic (exact) mass is 336 g/mol. The van der Waals surface area contributed by atoms with Gasteiger partial charge >= 0.3 is 6.09 Å². The first-order chi connectivity index (χ1) is 11.2. The van der Waals surface area contributed by atoms with Gasteiger partial charge in [-0.3, -0.25) is 20.1 Å². The number of ether oxygens (including phenoxy) is 2. The maximum atomic E-state index is 12.0. The number of non-ortho nitro benzene ring substituents is 1. The van der Waals surface area contributed by atoms with Crippen molar-refractivity contribution in [2.24, 2.45) is 0 Å². The lowest BCUT2D eigenvalue weighted by atomic mass is 10.2. The summed E-state index contributed by atoms with van der Waals surface area (Å²) < 4.78 is 11.9. The summed E-state index contributed by atoms with van der Waals surface area (Å²) >= 11 is 0. The van der Waals surface area contributed by atoms with Gasteiger partial charge in [0.2, 0.25) is 0 Å². The molecule has 1 amide bonds. The number of nitro groups is 1. The second kappa shape index (κ2) is 6.83. The van der Waals surface area contributed by atoms with Gasteiger partial charge in [0.1, 0.15) is 5.60 Å². The summed E-state index contributed by atoms with van der Waals surface area (Å²) in [4.78, 5) is 22.5. The van der Waals surface area contributed by atoms with E-state index in [1.165, 1.54) is 12.1 Å². The Morgan fingerprint density at radius 3 is 2.71 bits per heavy atom. The van der Waals surface area contributed by atoms with Crippen LogP contribution in [0.2, 0.25) is 0 Å². The highest BCUT2D eigenvalue weighted by atomic mass is 16.6. The van der Waals surface area contributed by atoms with Gasteiger partial charge in [0, 0.05) is 19.2 Å². The number of nitrogens with zero attached hydrogens (tertiary/aromatic N) is 3. The van der Waals surface area contributed by atoms with Crippen LogP contribution in [-0.2, 0) is 16.0 Å². The molecule has 1 heterocycles. The molecule has 1 N–H and O–H groups in total. The van der Waals surface area contributed by atoms with Gasteiger partial charge in [0.15, 0.2) is 5.82 Å². The number of fused-ring (bicyclic) bond motifs is 1. The van der Waals surface area contributed by atoms with Crippen LogP contribution >= 0.6 is 0 Å². The van der Waals surface area contributed by atoms with Crippen molar-refractivity contribution in [3.63, 3.8) is 0 Å². The van der Waals surface area contributed by atoms with Crippen LogP contribution in [-0.4, -0.2) is 40.1 Å². The van der Waals surface area contributed by atoms with E-state index in [-0.39, 0.29) is 11.5 Å². The Morgan fingerprint density at radius 1 is 1.42 bits per heavy atom. The van der Waals surface area contributed by atoms with E-state index >= 15 is 0 Å². The third-order valence-electron chi connectivity index (χ3n) is 3.07. The second-order valence-corrected chi connectivity index (χ2v) is 6.15. The fraction of sp³-hybridized carbons (Fsp3) is 0.467. The highest BCUT2D eigenvalue weighted by Crippen LogP contribution is 2.27. The Hall–Kier alpha value is -2.68. The zero-order chi connectivity index (χ0) is 17.9. The maximum absolute atomic E-state index is 12.0. The largest absolute Gasteiger partial charge is 0.444 e. The number of carbonyl (C=O) groups is 1. The summed E-state index contributed by atoms with van der Waals surface area (Å²) in [5.74, 6) is 0.207. The molecule has 2 aromatic rings. The Kier molecular flexibility index (Phi) is 5.03. The molecule has 0 aliphatic carbocycles. The molecule has 0 unspecified atom stereocenters. The molecule has 0 aliphatic heterocycles. The van der Waals surface area contributed by atoms with E-state index in [9.17, 15) is 14.9 Å². The molecule has 1 aromatic carbocycles. The van der Waals surface area contributed by atoms with Gasteiger partial charge in [-0.1, -0.05) is 0 Å². The highest BCUT2D eigenvalue weighted by Gasteiger charge is 2.20. The van der Waals surface area contributed by atoms with Gasteiger partial charge in [-0.25, -0.2) is 4.79 Å². The molecule has 0 atom stereocenters. The second-order valence-electron chi connectivity index (χ2n) is 6.15. The highest BCUT2D eigenvalue weighted by molar-refractivity contribution is 5.98. The smallest absolute Gasteiger partial charge is 0.413 e. The number of anilines is 1. The molecule has 2 rings (SSSR count). The Labute approximate surface area is 138 Å². The van der Waals surface area contributed by atoms with Crippen molar-refractivity contribution >= 4 is 28.5 Å². The molecule has 9 heteroatoms. The number of hydrogen-bond donors (Lipinski definition) is 1. The first-order valence-electron chi connectivity index (χ1n) is 7.35. The van der Waals surface area contributed by atoms with Gasteiger partial charge in [-0.05, 0) is 26.8 Å². The van der Waals surface area contributed by atoms with Crippen LogP contribution in [0.1, 0.15) is 20.8 Å². The van der Waals surface area contributed by atoms with Crippen LogP contribution in [0.15, 0.2) is 18.2 Å².